The van der Waals surface area contributed by atoms with Crippen molar-refractivity contribution in [3.8, 4) is 0 Å². The third kappa shape index (κ3) is 2.31. The third-order valence-electron chi connectivity index (χ3n) is 8.75. The average molecular weight is 405 g/mol. The molecule has 4 heterocycles. The van der Waals surface area contributed by atoms with E-state index < -0.39 is 11.5 Å². The van der Waals surface area contributed by atoms with Crippen LogP contribution in [-0.4, -0.2) is 58.8 Å². The van der Waals surface area contributed by atoms with Crippen molar-refractivity contribution < 1.29 is 29.0 Å². The summed E-state index contributed by atoms with van der Waals surface area (Å²) < 4.78 is 11.5. The minimum absolute atomic E-state index is 0.0103. The molecular weight excluding hydrogens is 374 g/mol. The lowest BCUT2D eigenvalue weighted by Crippen LogP contribution is -2.64. The Morgan fingerprint density at radius 1 is 1.14 bits per heavy atom. The molecule has 5 fully saturated rings. The molecule has 5 rings (SSSR count). The number of rotatable bonds is 2. The number of aliphatic hydroxyl groups is 1. The summed E-state index contributed by atoms with van der Waals surface area (Å²) in [5.74, 6) is -1.20. The number of fused-ring (bicyclic) bond motifs is 3. The van der Waals surface area contributed by atoms with Gasteiger partial charge >= 0.3 is 11.9 Å². The van der Waals surface area contributed by atoms with Crippen LogP contribution in [0.1, 0.15) is 52.9 Å². The molecule has 10 atom stereocenters. The Morgan fingerprint density at radius 2 is 1.90 bits per heavy atom. The van der Waals surface area contributed by atoms with Gasteiger partial charge in [-0.25, -0.2) is 0 Å². The zero-order valence-electron chi connectivity index (χ0n) is 17.4. The van der Waals surface area contributed by atoms with E-state index in [4.69, 9.17) is 9.47 Å². The number of carbonyl (C=O) groups is 3. The van der Waals surface area contributed by atoms with Crippen LogP contribution < -0.4 is 0 Å². The molecular formula is C22H31NO6. The zero-order chi connectivity index (χ0) is 20.7. The summed E-state index contributed by atoms with van der Waals surface area (Å²) in [7, 11) is 0. The molecule has 0 aromatic rings. The molecule has 0 aromatic carbocycles. The normalized spacial score (nSPS) is 51.4. The van der Waals surface area contributed by atoms with Gasteiger partial charge in [0.15, 0.2) is 0 Å². The van der Waals surface area contributed by atoms with Crippen LogP contribution in [0.4, 0.5) is 0 Å². The first-order valence-corrected chi connectivity index (χ1v) is 11.2. The van der Waals surface area contributed by atoms with E-state index in [2.05, 4.69) is 0 Å². The van der Waals surface area contributed by atoms with Crippen LogP contribution in [0.5, 0.6) is 0 Å². The van der Waals surface area contributed by atoms with Crippen LogP contribution in [-0.2, 0) is 23.9 Å². The minimum atomic E-state index is -0.889. The third-order valence-corrected chi connectivity index (χ3v) is 8.75. The molecule has 5 aliphatic rings. The molecule has 1 N–H and O–H groups in total. The number of nitrogens with zero attached hydrogens (tertiary/aromatic N) is 1. The second-order valence-corrected chi connectivity index (χ2v) is 9.89. The number of hydrogen-bond acceptors (Lipinski definition) is 6. The molecule has 0 aromatic heterocycles. The second kappa shape index (κ2) is 6.43. The van der Waals surface area contributed by atoms with Crippen molar-refractivity contribution in [2.24, 2.45) is 35.0 Å². The maximum atomic E-state index is 14.0. The molecule has 4 aliphatic heterocycles. The van der Waals surface area contributed by atoms with Crippen molar-refractivity contribution in [1.29, 1.82) is 0 Å². The Labute approximate surface area is 171 Å². The topological polar surface area (TPSA) is 93.1 Å². The Bertz CT molecular complexity index is 754. The lowest BCUT2D eigenvalue weighted by Gasteiger charge is -2.52. The molecule has 1 saturated carbocycles. The zero-order valence-corrected chi connectivity index (χ0v) is 17.4. The van der Waals surface area contributed by atoms with E-state index in [1.807, 2.05) is 25.7 Å². The molecule has 1 amide bonds. The van der Waals surface area contributed by atoms with E-state index in [0.29, 0.717) is 32.2 Å². The highest BCUT2D eigenvalue weighted by Crippen LogP contribution is 2.65. The highest BCUT2D eigenvalue weighted by Gasteiger charge is 2.74. The molecule has 2 bridgehead atoms. The van der Waals surface area contributed by atoms with Crippen molar-refractivity contribution in [3.63, 3.8) is 0 Å². The Hall–Kier alpha value is -1.63. The maximum Gasteiger partial charge on any atom is 0.309 e. The van der Waals surface area contributed by atoms with E-state index in [-0.39, 0.29) is 65.7 Å². The maximum absolute atomic E-state index is 14.0. The lowest BCUT2D eigenvalue weighted by molar-refractivity contribution is -0.180. The lowest BCUT2D eigenvalue weighted by atomic mass is 9.60. The Balaban J connectivity index is 1.60. The summed E-state index contributed by atoms with van der Waals surface area (Å²) >= 11 is 0. The highest BCUT2D eigenvalue weighted by molar-refractivity contribution is 5.88. The molecule has 1 aliphatic carbocycles. The van der Waals surface area contributed by atoms with Gasteiger partial charge in [0.05, 0.1) is 29.4 Å². The van der Waals surface area contributed by atoms with Gasteiger partial charge in [0.1, 0.15) is 12.2 Å². The smallest absolute Gasteiger partial charge is 0.309 e. The minimum Gasteiger partial charge on any atom is -0.461 e. The van der Waals surface area contributed by atoms with Crippen LogP contribution in [0.15, 0.2) is 0 Å². The largest absolute Gasteiger partial charge is 0.461 e. The average Bonchev–Trinajstić information content (AvgIpc) is 3.24. The summed E-state index contributed by atoms with van der Waals surface area (Å²) in [6.07, 6.45) is 1.93. The summed E-state index contributed by atoms with van der Waals surface area (Å²) in [6.45, 7) is 6.37. The van der Waals surface area contributed by atoms with Crippen LogP contribution in [0.2, 0.25) is 0 Å². The summed E-state index contributed by atoms with van der Waals surface area (Å²) in [5, 5.41) is 11.3. The van der Waals surface area contributed by atoms with Gasteiger partial charge in [-0.3, -0.25) is 14.4 Å². The molecule has 7 heteroatoms. The van der Waals surface area contributed by atoms with Crippen molar-refractivity contribution in [1.82, 2.24) is 4.90 Å². The van der Waals surface area contributed by atoms with Gasteiger partial charge in [0.2, 0.25) is 5.91 Å². The molecule has 7 nitrogen and oxygen atoms in total. The van der Waals surface area contributed by atoms with Gasteiger partial charge in [0, 0.05) is 18.4 Å². The first-order chi connectivity index (χ1) is 13.8. The van der Waals surface area contributed by atoms with Gasteiger partial charge < -0.3 is 19.5 Å². The van der Waals surface area contributed by atoms with Crippen LogP contribution in [0.3, 0.4) is 0 Å². The van der Waals surface area contributed by atoms with Gasteiger partial charge in [-0.05, 0) is 38.0 Å². The van der Waals surface area contributed by atoms with Gasteiger partial charge in [-0.2, -0.15) is 0 Å². The van der Waals surface area contributed by atoms with E-state index in [9.17, 15) is 19.5 Å². The molecule has 4 saturated heterocycles. The van der Waals surface area contributed by atoms with Crippen molar-refractivity contribution in [3.05, 3.63) is 0 Å². The molecule has 0 radical (unpaired) electrons. The summed E-state index contributed by atoms with van der Waals surface area (Å²) in [4.78, 5) is 40.4. The summed E-state index contributed by atoms with van der Waals surface area (Å²) in [5.41, 5.74) is -0.889. The van der Waals surface area contributed by atoms with E-state index in [1.54, 1.807) is 0 Å². The van der Waals surface area contributed by atoms with E-state index in [0.717, 1.165) is 6.42 Å². The second-order valence-electron chi connectivity index (χ2n) is 9.89. The SMILES string of the molecule is CCC1C2OC(=O)C(C)C2C2CC(C3CC(C)C(=O)O3)N3CCCC(O)C12C3=O. The van der Waals surface area contributed by atoms with E-state index >= 15 is 0 Å². The van der Waals surface area contributed by atoms with E-state index in [1.165, 1.54) is 0 Å². The van der Waals surface area contributed by atoms with Gasteiger partial charge in [0.25, 0.3) is 0 Å². The first-order valence-electron chi connectivity index (χ1n) is 11.2. The Morgan fingerprint density at radius 3 is 2.55 bits per heavy atom. The number of amides is 1. The predicted octanol–water partition coefficient (Wildman–Crippen LogP) is 1.51. The fourth-order valence-corrected chi connectivity index (χ4v) is 7.53. The number of carbonyl (C=O) groups excluding carboxylic acids is 3. The molecule has 1 spiro atoms. The van der Waals surface area contributed by atoms with Crippen LogP contribution in [0, 0.1) is 35.0 Å². The van der Waals surface area contributed by atoms with Gasteiger partial charge in [-0.1, -0.05) is 20.8 Å². The molecule has 160 valence electrons. The number of piperidine rings is 1. The fourth-order valence-electron chi connectivity index (χ4n) is 7.53. The fraction of sp³-hybridized carbons (Fsp3) is 0.864. The number of esters is 2. The van der Waals surface area contributed by atoms with Gasteiger partial charge in [-0.15, -0.1) is 0 Å². The number of aliphatic hydroxyl groups excluding tert-OH is 1. The van der Waals surface area contributed by atoms with Crippen LogP contribution in [0.25, 0.3) is 0 Å². The standard InChI is InChI=1S/C22H31NO6/c1-4-12-18-17(11(3)20(26)29-18)13-9-14(15-8-10(2)19(25)28-15)23-7-5-6-16(24)22(12,13)21(23)27/h10-18,24H,4-9H2,1-3H3. The number of ether oxygens (including phenoxy) is 2. The summed E-state index contributed by atoms with van der Waals surface area (Å²) in [6, 6.07) is -0.181. The number of cyclic esters (lactones) is 1. The highest BCUT2D eigenvalue weighted by atomic mass is 16.6. The van der Waals surface area contributed by atoms with Crippen molar-refractivity contribution in [2.75, 3.05) is 6.54 Å². The van der Waals surface area contributed by atoms with Crippen molar-refractivity contribution in [2.45, 2.75) is 77.2 Å². The molecule has 29 heavy (non-hydrogen) atoms. The molecule has 10 unspecified atom stereocenters. The number of hydrogen-bond donors (Lipinski definition) is 1. The van der Waals surface area contributed by atoms with Crippen LogP contribution >= 0.6 is 0 Å². The Kier molecular flexibility index (Phi) is 4.29. The van der Waals surface area contributed by atoms with Crippen molar-refractivity contribution >= 4 is 17.8 Å². The first kappa shape index (κ1) is 19.3. The quantitative estimate of drug-likeness (QED) is 0.700. The monoisotopic (exact) mass is 405 g/mol. The predicted molar refractivity (Wildman–Crippen MR) is 101 cm³/mol.